The number of hydrogen-bond acceptors (Lipinski definition) is 4. The molecule has 2 heterocycles. The third-order valence-electron chi connectivity index (χ3n) is 4.01. The minimum Gasteiger partial charge on any atom is -0.318 e. The largest absolute Gasteiger partial charge is 0.318 e. The fourth-order valence-electron chi connectivity index (χ4n) is 2.80. The Kier molecular flexibility index (Phi) is 4.52. The first-order chi connectivity index (χ1) is 11.9. The van der Waals surface area contributed by atoms with E-state index in [1.54, 1.807) is 13.1 Å². The molecule has 0 radical (unpaired) electrons. The van der Waals surface area contributed by atoms with Crippen molar-refractivity contribution in [2.75, 3.05) is 5.43 Å². The molecule has 0 amide bonds. The molecule has 6 nitrogen and oxygen atoms in total. The van der Waals surface area contributed by atoms with Crippen molar-refractivity contribution in [3.8, 4) is 5.69 Å². The van der Waals surface area contributed by atoms with E-state index >= 15 is 0 Å². The maximum atomic E-state index is 11.4. The lowest BCUT2D eigenvalue weighted by atomic mass is 10.2. The molecular formula is C19H21N5O. The van der Waals surface area contributed by atoms with Gasteiger partial charge >= 0.3 is 0 Å². The Bertz CT molecular complexity index is 980. The number of aromatic amines is 1. The molecule has 0 spiro atoms. The summed E-state index contributed by atoms with van der Waals surface area (Å²) in [6.45, 7) is 7.96. The number of hydrogen-bond donors (Lipinski definition) is 2. The summed E-state index contributed by atoms with van der Waals surface area (Å²) in [5.41, 5.74) is 8.78. The molecule has 0 aliphatic heterocycles. The first-order valence-corrected chi connectivity index (χ1v) is 8.07. The van der Waals surface area contributed by atoms with Crippen molar-refractivity contribution in [3.05, 3.63) is 75.0 Å². The van der Waals surface area contributed by atoms with Gasteiger partial charge in [0.1, 0.15) is 0 Å². The molecule has 0 unspecified atom stereocenters. The van der Waals surface area contributed by atoms with E-state index in [9.17, 15) is 4.79 Å². The van der Waals surface area contributed by atoms with E-state index in [2.05, 4.69) is 76.2 Å². The minimum absolute atomic E-state index is 0.206. The van der Waals surface area contributed by atoms with Crippen LogP contribution in [0.15, 0.2) is 46.3 Å². The van der Waals surface area contributed by atoms with Crippen LogP contribution in [0.5, 0.6) is 0 Å². The summed E-state index contributed by atoms with van der Waals surface area (Å²) in [5, 5.41) is 4.20. The van der Waals surface area contributed by atoms with Gasteiger partial charge in [0, 0.05) is 34.4 Å². The number of aryl methyl sites for hydroxylation is 3. The highest BCUT2D eigenvalue weighted by atomic mass is 16.1. The zero-order chi connectivity index (χ0) is 18.0. The Balaban J connectivity index is 1.85. The van der Waals surface area contributed by atoms with Crippen LogP contribution < -0.4 is 11.0 Å². The normalized spacial score (nSPS) is 11.2. The van der Waals surface area contributed by atoms with Crippen LogP contribution in [0.1, 0.15) is 28.2 Å². The second-order valence-electron chi connectivity index (χ2n) is 6.10. The summed E-state index contributed by atoms with van der Waals surface area (Å²) >= 11 is 0. The van der Waals surface area contributed by atoms with Crippen LogP contribution in [0.2, 0.25) is 0 Å². The molecule has 0 fully saturated rings. The quantitative estimate of drug-likeness (QED) is 0.568. The highest BCUT2D eigenvalue weighted by Crippen LogP contribution is 2.20. The Labute approximate surface area is 146 Å². The number of rotatable bonds is 4. The zero-order valence-electron chi connectivity index (χ0n) is 14.8. The van der Waals surface area contributed by atoms with Gasteiger partial charge in [-0.2, -0.15) is 5.10 Å². The second-order valence-corrected chi connectivity index (χ2v) is 6.10. The number of benzene rings is 1. The van der Waals surface area contributed by atoms with Crippen LogP contribution in [-0.4, -0.2) is 20.7 Å². The molecule has 2 N–H and O–H groups in total. The van der Waals surface area contributed by atoms with E-state index < -0.39 is 0 Å². The molecular weight excluding hydrogens is 314 g/mol. The molecule has 0 atom stereocenters. The molecule has 0 saturated carbocycles. The van der Waals surface area contributed by atoms with Gasteiger partial charge in [-0.1, -0.05) is 17.7 Å². The fraction of sp³-hybridized carbons (Fsp3) is 0.211. The van der Waals surface area contributed by atoms with Crippen LogP contribution in [0, 0.1) is 27.7 Å². The van der Waals surface area contributed by atoms with E-state index in [0.29, 0.717) is 11.6 Å². The van der Waals surface area contributed by atoms with Gasteiger partial charge in [0.2, 0.25) is 5.95 Å². The topological polar surface area (TPSA) is 75.1 Å². The summed E-state index contributed by atoms with van der Waals surface area (Å²) in [6, 6.07) is 11.9. The molecule has 1 aromatic carbocycles. The monoisotopic (exact) mass is 335 g/mol. The molecule has 0 bridgehead atoms. The SMILES string of the molecule is Cc1ccc(-n2c(C)cc(/C=N/Nc3nc(C)cc(=O)[nH]3)c2C)cc1. The lowest BCUT2D eigenvalue weighted by Crippen LogP contribution is -2.10. The first kappa shape index (κ1) is 16.7. The van der Waals surface area contributed by atoms with E-state index in [1.807, 2.05) is 0 Å². The maximum Gasteiger partial charge on any atom is 0.252 e. The van der Waals surface area contributed by atoms with E-state index in [1.165, 1.54) is 11.6 Å². The number of nitrogens with one attached hydrogen (secondary N) is 2. The Hall–Kier alpha value is -3.15. The van der Waals surface area contributed by atoms with Crippen molar-refractivity contribution in [2.45, 2.75) is 27.7 Å². The van der Waals surface area contributed by atoms with Gasteiger partial charge in [-0.25, -0.2) is 10.4 Å². The Morgan fingerprint density at radius 3 is 2.52 bits per heavy atom. The van der Waals surface area contributed by atoms with Gasteiger partial charge in [-0.3, -0.25) is 9.78 Å². The second kappa shape index (κ2) is 6.76. The van der Waals surface area contributed by atoms with Crippen molar-refractivity contribution in [1.29, 1.82) is 0 Å². The Morgan fingerprint density at radius 2 is 1.84 bits per heavy atom. The summed E-state index contributed by atoms with van der Waals surface area (Å²) < 4.78 is 2.19. The standard InChI is InChI=1S/C19H21N5O/c1-12-5-7-17(8-6-12)24-14(3)10-16(15(24)4)11-20-23-19-21-13(2)9-18(25)22-19/h5-11H,1-4H3,(H2,21,22,23,25)/b20-11+. The van der Waals surface area contributed by atoms with Crippen LogP contribution in [0.4, 0.5) is 5.95 Å². The highest BCUT2D eigenvalue weighted by molar-refractivity contribution is 5.82. The predicted octanol–water partition coefficient (Wildman–Crippen LogP) is 3.24. The van der Waals surface area contributed by atoms with Crippen LogP contribution in [-0.2, 0) is 0 Å². The first-order valence-electron chi connectivity index (χ1n) is 8.07. The molecule has 6 heteroatoms. The zero-order valence-corrected chi connectivity index (χ0v) is 14.8. The van der Waals surface area contributed by atoms with Gasteiger partial charge in [0.25, 0.3) is 5.56 Å². The van der Waals surface area contributed by atoms with Crippen molar-refractivity contribution < 1.29 is 0 Å². The average Bonchev–Trinajstić information content (AvgIpc) is 2.82. The molecule has 0 aliphatic carbocycles. The van der Waals surface area contributed by atoms with Crippen molar-refractivity contribution in [3.63, 3.8) is 0 Å². The van der Waals surface area contributed by atoms with E-state index in [-0.39, 0.29) is 5.56 Å². The lowest BCUT2D eigenvalue weighted by Gasteiger charge is -2.09. The fourth-order valence-corrected chi connectivity index (χ4v) is 2.80. The van der Waals surface area contributed by atoms with E-state index in [4.69, 9.17) is 0 Å². The van der Waals surface area contributed by atoms with Gasteiger partial charge in [0.15, 0.2) is 0 Å². The molecule has 25 heavy (non-hydrogen) atoms. The molecule has 2 aromatic heterocycles. The molecule has 3 rings (SSSR count). The molecule has 0 saturated heterocycles. The number of anilines is 1. The summed E-state index contributed by atoms with van der Waals surface area (Å²) in [5.74, 6) is 0.327. The number of hydrazone groups is 1. The summed E-state index contributed by atoms with van der Waals surface area (Å²) in [4.78, 5) is 18.2. The lowest BCUT2D eigenvalue weighted by molar-refractivity contribution is 0.964. The molecule has 128 valence electrons. The molecule has 0 aliphatic rings. The third-order valence-corrected chi connectivity index (χ3v) is 4.01. The van der Waals surface area contributed by atoms with Gasteiger partial charge in [-0.05, 0) is 45.9 Å². The van der Waals surface area contributed by atoms with Gasteiger partial charge < -0.3 is 4.57 Å². The van der Waals surface area contributed by atoms with Crippen molar-refractivity contribution in [2.24, 2.45) is 5.10 Å². The van der Waals surface area contributed by atoms with Crippen molar-refractivity contribution >= 4 is 12.2 Å². The number of nitrogens with zero attached hydrogens (tertiary/aromatic N) is 3. The van der Waals surface area contributed by atoms with Crippen LogP contribution in [0.3, 0.4) is 0 Å². The summed E-state index contributed by atoms with van der Waals surface area (Å²) in [6.07, 6.45) is 1.73. The highest BCUT2D eigenvalue weighted by Gasteiger charge is 2.09. The predicted molar refractivity (Wildman–Crippen MR) is 101 cm³/mol. The smallest absolute Gasteiger partial charge is 0.252 e. The van der Waals surface area contributed by atoms with E-state index in [0.717, 1.165) is 22.6 Å². The summed E-state index contributed by atoms with van der Waals surface area (Å²) in [7, 11) is 0. The third kappa shape index (κ3) is 3.68. The minimum atomic E-state index is -0.206. The van der Waals surface area contributed by atoms with Gasteiger partial charge in [0.05, 0.1) is 6.21 Å². The Morgan fingerprint density at radius 1 is 1.12 bits per heavy atom. The van der Waals surface area contributed by atoms with Crippen molar-refractivity contribution in [1.82, 2.24) is 14.5 Å². The molecule has 3 aromatic rings. The number of aromatic nitrogens is 3. The number of H-pyrrole nitrogens is 1. The van der Waals surface area contributed by atoms with Crippen LogP contribution in [0.25, 0.3) is 5.69 Å². The average molecular weight is 335 g/mol. The maximum absolute atomic E-state index is 11.4. The van der Waals surface area contributed by atoms with Crippen LogP contribution >= 0.6 is 0 Å². The van der Waals surface area contributed by atoms with Gasteiger partial charge in [-0.15, -0.1) is 0 Å².